The number of rotatable bonds is 2. The highest BCUT2D eigenvalue weighted by Gasteiger charge is 2.46. The van der Waals surface area contributed by atoms with Gasteiger partial charge in [-0.1, -0.05) is 0 Å². The average molecular weight is 398 g/mol. The van der Waals surface area contributed by atoms with Gasteiger partial charge in [0.25, 0.3) is 11.5 Å². The van der Waals surface area contributed by atoms with Gasteiger partial charge in [0, 0.05) is 50.4 Å². The fourth-order valence-corrected chi connectivity index (χ4v) is 4.95. The Morgan fingerprint density at radius 2 is 2.07 bits per heavy atom. The largest absolute Gasteiger partial charge is 0.378 e. The number of imidazole rings is 1. The molecule has 5 rings (SSSR count). The minimum absolute atomic E-state index is 0.0402. The lowest BCUT2D eigenvalue weighted by atomic mass is 9.77. The third-order valence-corrected chi connectivity index (χ3v) is 6.46. The normalized spacial score (nSPS) is 24.2. The number of piperidine rings is 1. The number of carbonyl (C=O) groups excluding carboxylic acids is 1. The maximum atomic E-state index is 13.0. The number of hydrogen-bond donors (Lipinski definition) is 1. The Labute approximate surface area is 168 Å². The Morgan fingerprint density at radius 3 is 2.83 bits per heavy atom. The van der Waals surface area contributed by atoms with Gasteiger partial charge < -0.3 is 19.1 Å². The van der Waals surface area contributed by atoms with Crippen LogP contribution in [-0.2, 0) is 23.6 Å². The van der Waals surface area contributed by atoms with Crippen molar-refractivity contribution < 1.29 is 9.53 Å². The van der Waals surface area contributed by atoms with E-state index in [1.165, 1.54) is 0 Å². The van der Waals surface area contributed by atoms with E-state index in [0.29, 0.717) is 44.4 Å². The zero-order chi connectivity index (χ0) is 20.0. The molecule has 4 heterocycles. The number of aromatic amines is 1. The molecule has 1 spiro atoms. The molecule has 2 aromatic heterocycles. The number of nitrogens with one attached hydrogen (secondary N) is 1. The highest BCUT2D eigenvalue weighted by molar-refractivity contribution is 5.92. The summed E-state index contributed by atoms with van der Waals surface area (Å²) in [6, 6.07) is 0. The van der Waals surface area contributed by atoms with Crippen LogP contribution >= 0.6 is 0 Å². The Kier molecular flexibility index (Phi) is 4.42. The Morgan fingerprint density at radius 1 is 1.24 bits per heavy atom. The molecule has 1 atom stereocenters. The van der Waals surface area contributed by atoms with E-state index in [2.05, 4.69) is 14.9 Å². The van der Waals surface area contributed by atoms with Crippen molar-refractivity contribution in [3.05, 3.63) is 39.8 Å². The number of likely N-dealkylation sites (tertiary alicyclic amines) is 1. The first-order valence-corrected chi connectivity index (χ1v) is 10.3. The molecule has 2 aliphatic heterocycles. The van der Waals surface area contributed by atoms with Crippen LogP contribution in [0.3, 0.4) is 0 Å². The molecule has 3 aliphatic rings. The molecule has 2 aromatic rings. The first-order valence-electron chi connectivity index (χ1n) is 10.3. The maximum absolute atomic E-state index is 13.0. The smallest absolute Gasteiger partial charge is 0.274 e. The first kappa shape index (κ1) is 18.4. The molecule has 0 bridgehead atoms. The van der Waals surface area contributed by atoms with Gasteiger partial charge in [0.1, 0.15) is 5.69 Å². The number of ether oxygens (including phenoxy) is 1. The molecule has 154 valence electrons. The van der Waals surface area contributed by atoms with Gasteiger partial charge in [-0.15, -0.1) is 0 Å². The van der Waals surface area contributed by atoms with Gasteiger partial charge >= 0.3 is 0 Å². The fourth-order valence-electron chi connectivity index (χ4n) is 4.95. The van der Waals surface area contributed by atoms with Crippen LogP contribution in [0.1, 0.15) is 41.0 Å². The standard InChI is InChI=1S/C20H26N6O3/c1-24-11-15(21-13-24)18(28)26-6-2-4-20(12-26)5-3-14-16(20)22-19(23-17(14)27)25-7-9-29-10-8-25/h11,13H,2-10,12H2,1H3,(H,22,23,27). The monoisotopic (exact) mass is 398 g/mol. The van der Waals surface area contributed by atoms with Crippen molar-refractivity contribution in [2.45, 2.75) is 31.1 Å². The van der Waals surface area contributed by atoms with Crippen molar-refractivity contribution in [2.75, 3.05) is 44.3 Å². The molecular formula is C20H26N6O3. The Bertz CT molecular complexity index is 992. The van der Waals surface area contributed by atoms with Gasteiger partial charge in [0.05, 0.1) is 25.2 Å². The molecule has 2 fully saturated rings. The average Bonchev–Trinajstić information content (AvgIpc) is 3.33. The van der Waals surface area contributed by atoms with Gasteiger partial charge in [-0.25, -0.2) is 9.97 Å². The van der Waals surface area contributed by atoms with Crippen molar-refractivity contribution in [2.24, 2.45) is 7.05 Å². The molecule has 0 radical (unpaired) electrons. The van der Waals surface area contributed by atoms with Crippen molar-refractivity contribution in [3.8, 4) is 0 Å². The molecule has 9 heteroatoms. The molecule has 1 N–H and O–H groups in total. The van der Waals surface area contributed by atoms with Crippen LogP contribution in [0.25, 0.3) is 0 Å². The predicted octanol–water partition coefficient (Wildman–Crippen LogP) is 0.460. The summed E-state index contributed by atoms with van der Waals surface area (Å²) in [6.45, 7) is 4.02. The van der Waals surface area contributed by atoms with Crippen LogP contribution < -0.4 is 10.5 Å². The minimum Gasteiger partial charge on any atom is -0.378 e. The van der Waals surface area contributed by atoms with Crippen LogP contribution in [0.15, 0.2) is 17.3 Å². The number of amides is 1. The highest BCUT2D eigenvalue weighted by atomic mass is 16.5. The van der Waals surface area contributed by atoms with Crippen LogP contribution in [0.5, 0.6) is 0 Å². The summed E-state index contributed by atoms with van der Waals surface area (Å²) in [5.41, 5.74) is 1.86. The number of hydrogen-bond acceptors (Lipinski definition) is 6. The molecule has 2 saturated heterocycles. The first-order chi connectivity index (χ1) is 14.1. The number of H-pyrrole nitrogens is 1. The number of aromatic nitrogens is 4. The molecule has 9 nitrogen and oxygen atoms in total. The quantitative estimate of drug-likeness (QED) is 0.790. The summed E-state index contributed by atoms with van der Waals surface area (Å²) in [6.07, 6.45) is 6.83. The second-order valence-corrected chi connectivity index (χ2v) is 8.35. The lowest BCUT2D eigenvalue weighted by Crippen LogP contribution is -2.48. The molecule has 1 unspecified atom stereocenters. The van der Waals surface area contributed by atoms with Crippen LogP contribution in [-0.4, -0.2) is 69.7 Å². The second kappa shape index (κ2) is 6.98. The molecule has 29 heavy (non-hydrogen) atoms. The number of anilines is 1. The number of morpholine rings is 1. The van der Waals surface area contributed by atoms with Crippen molar-refractivity contribution >= 4 is 11.9 Å². The molecule has 1 amide bonds. The summed E-state index contributed by atoms with van der Waals surface area (Å²) >= 11 is 0. The second-order valence-electron chi connectivity index (χ2n) is 8.35. The number of fused-ring (bicyclic) bond motifs is 2. The van der Waals surface area contributed by atoms with E-state index in [9.17, 15) is 9.59 Å². The molecular weight excluding hydrogens is 372 g/mol. The Hall–Kier alpha value is -2.68. The molecule has 0 saturated carbocycles. The van der Waals surface area contributed by atoms with Gasteiger partial charge in [0.15, 0.2) is 0 Å². The third-order valence-electron chi connectivity index (χ3n) is 6.46. The van der Waals surface area contributed by atoms with Gasteiger partial charge in [-0.3, -0.25) is 14.6 Å². The summed E-state index contributed by atoms with van der Waals surface area (Å²) in [5.74, 6) is 0.586. The lowest BCUT2D eigenvalue weighted by molar-refractivity contribution is 0.0628. The summed E-state index contributed by atoms with van der Waals surface area (Å²) in [5, 5.41) is 0. The lowest BCUT2D eigenvalue weighted by Gasteiger charge is -2.40. The zero-order valence-corrected chi connectivity index (χ0v) is 16.7. The van der Waals surface area contributed by atoms with Gasteiger partial charge in [-0.05, 0) is 25.7 Å². The van der Waals surface area contributed by atoms with E-state index >= 15 is 0 Å². The van der Waals surface area contributed by atoms with E-state index in [1.807, 2.05) is 11.9 Å². The number of nitrogens with zero attached hydrogens (tertiary/aromatic N) is 5. The summed E-state index contributed by atoms with van der Waals surface area (Å²) < 4.78 is 7.21. The topological polar surface area (TPSA) is 96.3 Å². The number of carbonyl (C=O) groups is 1. The van der Waals surface area contributed by atoms with E-state index < -0.39 is 0 Å². The molecule has 0 aromatic carbocycles. The van der Waals surface area contributed by atoms with Gasteiger partial charge in [-0.2, -0.15) is 0 Å². The van der Waals surface area contributed by atoms with Gasteiger partial charge in [0.2, 0.25) is 5.95 Å². The fraction of sp³-hybridized carbons (Fsp3) is 0.600. The van der Waals surface area contributed by atoms with E-state index in [1.54, 1.807) is 17.1 Å². The summed E-state index contributed by atoms with van der Waals surface area (Å²) in [7, 11) is 1.86. The summed E-state index contributed by atoms with van der Waals surface area (Å²) in [4.78, 5) is 41.9. The Balaban J connectivity index is 1.47. The zero-order valence-electron chi connectivity index (χ0n) is 16.7. The highest BCUT2D eigenvalue weighted by Crippen LogP contribution is 2.43. The third kappa shape index (κ3) is 3.13. The predicted molar refractivity (Wildman–Crippen MR) is 106 cm³/mol. The maximum Gasteiger partial charge on any atom is 0.274 e. The molecule has 1 aliphatic carbocycles. The van der Waals surface area contributed by atoms with Crippen LogP contribution in [0.2, 0.25) is 0 Å². The van der Waals surface area contributed by atoms with E-state index in [0.717, 1.165) is 43.6 Å². The number of aryl methyl sites for hydroxylation is 1. The van der Waals surface area contributed by atoms with Crippen molar-refractivity contribution in [3.63, 3.8) is 0 Å². The van der Waals surface area contributed by atoms with E-state index in [-0.39, 0.29) is 16.9 Å². The minimum atomic E-state index is -0.243. The van der Waals surface area contributed by atoms with Crippen molar-refractivity contribution in [1.29, 1.82) is 0 Å². The van der Waals surface area contributed by atoms with Crippen LogP contribution in [0, 0.1) is 0 Å². The van der Waals surface area contributed by atoms with Crippen LogP contribution in [0.4, 0.5) is 5.95 Å². The van der Waals surface area contributed by atoms with E-state index in [4.69, 9.17) is 9.72 Å². The van der Waals surface area contributed by atoms with Crippen molar-refractivity contribution in [1.82, 2.24) is 24.4 Å². The SMILES string of the molecule is Cn1cnc(C(=O)N2CCCC3(CCc4c3nc(N3CCOCC3)[nH]c4=O)C2)c1.